The van der Waals surface area contributed by atoms with Crippen molar-refractivity contribution in [1.82, 2.24) is 0 Å². The Morgan fingerprint density at radius 2 is 1.66 bits per heavy atom. The van der Waals surface area contributed by atoms with Gasteiger partial charge in [0.15, 0.2) is 0 Å². The molecular formula is C26H26N2O3S. The number of anilines is 2. The van der Waals surface area contributed by atoms with Crippen molar-refractivity contribution >= 4 is 35.0 Å². The van der Waals surface area contributed by atoms with Crippen molar-refractivity contribution in [2.45, 2.75) is 25.1 Å². The van der Waals surface area contributed by atoms with Gasteiger partial charge in [-0.1, -0.05) is 38.1 Å². The zero-order valence-corrected chi connectivity index (χ0v) is 19.2. The van der Waals surface area contributed by atoms with E-state index in [1.807, 2.05) is 41.3 Å². The second kappa shape index (κ2) is 9.49. The van der Waals surface area contributed by atoms with Crippen molar-refractivity contribution in [2.75, 3.05) is 23.1 Å². The molecule has 164 valence electrons. The Morgan fingerprint density at radius 1 is 1.00 bits per heavy atom. The molecule has 3 aromatic rings. The standard InChI is InChI=1S/C26H26N2O3S/c1-17(2)18-6-12-22(13-7-18)28-24(29)16-32-26(28)20-4-10-21(11-5-20)27-25(30)19-8-14-23(31-3)15-9-19/h4-15,17,26H,16H2,1-3H3,(H,27,30)/t26-/m1/s1. The van der Waals surface area contributed by atoms with E-state index in [-0.39, 0.29) is 17.2 Å². The lowest BCUT2D eigenvalue weighted by Gasteiger charge is -2.25. The van der Waals surface area contributed by atoms with E-state index in [0.717, 1.165) is 11.3 Å². The summed E-state index contributed by atoms with van der Waals surface area (Å²) in [7, 11) is 1.59. The van der Waals surface area contributed by atoms with Gasteiger partial charge in [0.25, 0.3) is 5.91 Å². The van der Waals surface area contributed by atoms with Crippen molar-refractivity contribution in [3.63, 3.8) is 0 Å². The van der Waals surface area contributed by atoms with Gasteiger partial charge in [-0.3, -0.25) is 14.5 Å². The number of hydrogen-bond donors (Lipinski definition) is 1. The van der Waals surface area contributed by atoms with Gasteiger partial charge < -0.3 is 10.1 Å². The summed E-state index contributed by atoms with van der Waals surface area (Å²) in [6, 6.07) is 22.9. The molecule has 1 heterocycles. The van der Waals surface area contributed by atoms with Gasteiger partial charge in [-0.2, -0.15) is 0 Å². The van der Waals surface area contributed by atoms with Crippen LogP contribution in [0.4, 0.5) is 11.4 Å². The number of amides is 2. The lowest BCUT2D eigenvalue weighted by atomic mass is 10.0. The predicted molar refractivity (Wildman–Crippen MR) is 131 cm³/mol. The van der Waals surface area contributed by atoms with Crippen LogP contribution in [0, 0.1) is 0 Å². The first-order chi connectivity index (χ1) is 15.5. The molecule has 5 nitrogen and oxygen atoms in total. The van der Waals surface area contributed by atoms with Gasteiger partial charge in [0.1, 0.15) is 11.1 Å². The summed E-state index contributed by atoms with van der Waals surface area (Å²) >= 11 is 1.61. The number of ether oxygens (including phenoxy) is 1. The van der Waals surface area contributed by atoms with E-state index < -0.39 is 0 Å². The number of rotatable bonds is 6. The fraction of sp³-hybridized carbons (Fsp3) is 0.231. The van der Waals surface area contributed by atoms with Crippen LogP contribution in [0.2, 0.25) is 0 Å². The summed E-state index contributed by atoms with van der Waals surface area (Å²) in [4.78, 5) is 27.0. The summed E-state index contributed by atoms with van der Waals surface area (Å²) < 4.78 is 5.13. The Morgan fingerprint density at radius 3 is 2.25 bits per heavy atom. The third-order valence-electron chi connectivity index (χ3n) is 5.51. The highest BCUT2D eigenvalue weighted by Crippen LogP contribution is 2.42. The normalized spacial score (nSPS) is 15.8. The quantitative estimate of drug-likeness (QED) is 0.516. The third-order valence-corrected chi connectivity index (χ3v) is 6.72. The Kier molecular flexibility index (Phi) is 6.51. The van der Waals surface area contributed by atoms with Crippen LogP contribution in [0.1, 0.15) is 46.6 Å². The molecule has 1 N–H and O–H groups in total. The zero-order valence-electron chi connectivity index (χ0n) is 18.4. The molecule has 1 atom stereocenters. The van der Waals surface area contributed by atoms with Crippen molar-refractivity contribution in [3.05, 3.63) is 89.5 Å². The van der Waals surface area contributed by atoms with Crippen molar-refractivity contribution in [1.29, 1.82) is 0 Å². The lowest BCUT2D eigenvalue weighted by Crippen LogP contribution is -2.27. The van der Waals surface area contributed by atoms with Gasteiger partial charge in [0.05, 0.1) is 12.9 Å². The van der Waals surface area contributed by atoms with Gasteiger partial charge in [0, 0.05) is 16.9 Å². The minimum absolute atomic E-state index is 0.0845. The summed E-state index contributed by atoms with van der Waals surface area (Å²) in [6.07, 6.45) is 0. The van der Waals surface area contributed by atoms with Crippen LogP contribution < -0.4 is 15.0 Å². The molecule has 1 aliphatic rings. The average Bonchev–Trinajstić information content (AvgIpc) is 3.21. The topological polar surface area (TPSA) is 58.6 Å². The van der Waals surface area contributed by atoms with Crippen LogP contribution in [-0.4, -0.2) is 24.7 Å². The molecule has 1 fully saturated rings. The van der Waals surface area contributed by atoms with E-state index in [1.54, 1.807) is 43.1 Å². The highest BCUT2D eigenvalue weighted by Gasteiger charge is 2.34. The number of carbonyl (C=O) groups excluding carboxylic acids is 2. The van der Waals surface area contributed by atoms with E-state index in [2.05, 4.69) is 31.3 Å². The van der Waals surface area contributed by atoms with Crippen LogP contribution in [0.25, 0.3) is 0 Å². The van der Waals surface area contributed by atoms with E-state index in [0.29, 0.717) is 28.7 Å². The molecule has 4 rings (SSSR count). The SMILES string of the molecule is COc1ccc(C(=O)Nc2ccc([C@H]3SCC(=O)N3c3ccc(C(C)C)cc3)cc2)cc1. The van der Waals surface area contributed by atoms with Gasteiger partial charge in [-0.25, -0.2) is 0 Å². The minimum Gasteiger partial charge on any atom is -0.497 e. The fourth-order valence-electron chi connectivity index (χ4n) is 3.65. The first-order valence-corrected chi connectivity index (χ1v) is 11.6. The van der Waals surface area contributed by atoms with Crippen LogP contribution >= 0.6 is 11.8 Å². The summed E-state index contributed by atoms with van der Waals surface area (Å²) in [6.45, 7) is 4.31. The average molecular weight is 447 g/mol. The third kappa shape index (κ3) is 4.65. The smallest absolute Gasteiger partial charge is 0.255 e. The van der Waals surface area contributed by atoms with Crippen molar-refractivity contribution in [3.8, 4) is 5.75 Å². The zero-order chi connectivity index (χ0) is 22.7. The number of methoxy groups -OCH3 is 1. The number of nitrogens with zero attached hydrogens (tertiary/aromatic N) is 1. The number of hydrogen-bond acceptors (Lipinski definition) is 4. The molecule has 32 heavy (non-hydrogen) atoms. The first kappa shape index (κ1) is 22.0. The second-order valence-electron chi connectivity index (χ2n) is 7.98. The maximum absolute atomic E-state index is 12.6. The fourth-order valence-corrected chi connectivity index (χ4v) is 4.82. The van der Waals surface area contributed by atoms with Crippen LogP contribution in [0.15, 0.2) is 72.8 Å². The number of carbonyl (C=O) groups is 2. The first-order valence-electron chi connectivity index (χ1n) is 10.6. The molecule has 1 saturated heterocycles. The largest absolute Gasteiger partial charge is 0.497 e. The molecule has 0 aliphatic carbocycles. The molecule has 6 heteroatoms. The molecule has 0 saturated carbocycles. The predicted octanol–water partition coefficient (Wildman–Crippen LogP) is 5.85. The van der Waals surface area contributed by atoms with E-state index in [4.69, 9.17) is 4.74 Å². The monoisotopic (exact) mass is 446 g/mol. The van der Waals surface area contributed by atoms with E-state index >= 15 is 0 Å². The van der Waals surface area contributed by atoms with Gasteiger partial charge >= 0.3 is 0 Å². The Balaban J connectivity index is 1.48. The van der Waals surface area contributed by atoms with Crippen LogP contribution in [0.3, 0.4) is 0 Å². The van der Waals surface area contributed by atoms with Gasteiger partial charge in [-0.05, 0) is 65.6 Å². The van der Waals surface area contributed by atoms with E-state index in [1.165, 1.54) is 5.56 Å². The highest BCUT2D eigenvalue weighted by atomic mass is 32.2. The molecule has 2 amide bonds. The summed E-state index contributed by atoms with van der Waals surface area (Å²) in [5.41, 5.74) is 4.45. The lowest BCUT2D eigenvalue weighted by molar-refractivity contribution is -0.115. The maximum atomic E-state index is 12.6. The van der Waals surface area contributed by atoms with Gasteiger partial charge in [-0.15, -0.1) is 11.8 Å². The Bertz CT molecular complexity index is 1090. The van der Waals surface area contributed by atoms with Crippen molar-refractivity contribution in [2.24, 2.45) is 0 Å². The summed E-state index contributed by atoms with van der Waals surface area (Å²) in [5.74, 6) is 1.53. The molecule has 0 radical (unpaired) electrons. The number of benzene rings is 3. The molecule has 0 spiro atoms. The number of nitrogens with one attached hydrogen (secondary N) is 1. The van der Waals surface area contributed by atoms with Crippen LogP contribution in [-0.2, 0) is 4.79 Å². The molecule has 1 aliphatic heterocycles. The molecular weight excluding hydrogens is 420 g/mol. The highest BCUT2D eigenvalue weighted by molar-refractivity contribution is 8.00. The maximum Gasteiger partial charge on any atom is 0.255 e. The minimum atomic E-state index is -0.183. The van der Waals surface area contributed by atoms with E-state index in [9.17, 15) is 9.59 Å². The molecule has 3 aromatic carbocycles. The van der Waals surface area contributed by atoms with Crippen LogP contribution in [0.5, 0.6) is 5.75 Å². The Labute approximate surface area is 192 Å². The second-order valence-corrected chi connectivity index (χ2v) is 9.05. The Hall–Kier alpha value is -3.25. The number of thioether (sulfide) groups is 1. The molecule has 0 aromatic heterocycles. The van der Waals surface area contributed by atoms with Crippen molar-refractivity contribution < 1.29 is 14.3 Å². The molecule has 0 bridgehead atoms. The summed E-state index contributed by atoms with van der Waals surface area (Å²) in [5, 5.41) is 2.83. The van der Waals surface area contributed by atoms with Gasteiger partial charge in [0.2, 0.25) is 5.91 Å². The molecule has 0 unspecified atom stereocenters.